The minimum atomic E-state index is -0.148. The molecule has 1 amide bonds. The molecule has 0 radical (unpaired) electrons. The zero-order valence-corrected chi connectivity index (χ0v) is 22.4. The number of nitrogens with zero attached hydrogens (tertiary/aromatic N) is 4. The summed E-state index contributed by atoms with van der Waals surface area (Å²) in [6.07, 6.45) is 3.37. The average molecular weight is 520 g/mol. The number of hydrogen-bond donors (Lipinski definition) is 1. The van der Waals surface area contributed by atoms with Crippen LogP contribution >= 0.6 is 11.3 Å². The molecule has 2 fully saturated rings. The topological polar surface area (TPSA) is 83.5 Å². The monoisotopic (exact) mass is 519 g/mol. The van der Waals surface area contributed by atoms with Crippen LogP contribution in [0.25, 0.3) is 21.8 Å². The van der Waals surface area contributed by atoms with Crippen LogP contribution in [0.1, 0.15) is 51.5 Å². The Kier molecular flexibility index (Phi) is 6.38. The first-order chi connectivity index (χ1) is 17.9. The lowest BCUT2D eigenvalue weighted by molar-refractivity contribution is 0.0497. The molecule has 0 unspecified atom stereocenters. The molecule has 2 aliphatic heterocycles. The van der Waals surface area contributed by atoms with Gasteiger partial charge in [-0.2, -0.15) is 5.10 Å². The van der Waals surface area contributed by atoms with Gasteiger partial charge in [0.05, 0.1) is 28.7 Å². The van der Waals surface area contributed by atoms with E-state index in [4.69, 9.17) is 4.74 Å². The highest BCUT2D eigenvalue weighted by atomic mass is 32.1. The fourth-order valence-electron chi connectivity index (χ4n) is 5.79. The third-order valence-electron chi connectivity index (χ3n) is 7.88. The SMILES string of the molecule is Cc1ccc(CN2CCN(C(=O)c3cc4c(cc3C)[nH]c(=O)c3cnn(C5CCOCC5)c34)C[C@@H]2C)s1. The van der Waals surface area contributed by atoms with Crippen LogP contribution < -0.4 is 5.56 Å². The van der Waals surface area contributed by atoms with Gasteiger partial charge in [-0.3, -0.25) is 19.2 Å². The largest absolute Gasteiger partial charge is 0.381 e. The fraction of sp³-hybridized carbons (Fsp3) is 0.464. The first-order valence-corrected chi connectivity index (χ1v) is 13.9. The number of nitrogens with one attached hydrogen (secondary N) is 1. The van der Waals surface area contributed by atoms with Crippen LogP contribution in [0.2, 0.25) is 0 Å². The third kappa shape index (κ3) is 4.49. The average Bonchev–Trinajstić information content (AvgIpc) is 3.52. The van der Waals surface area contributed by atoms with Crippen molar-refractivity contribution in [3.8, 4) is 0 Å². The van der Waals surface area contributed by atoms with Crippen molar-refractivity contribution in [2.24, 2.45) is 0 Å². The van der Waals surface area contributed by atoms with Gasteiger partial charge in [-0.05, 0) is 63.4 Å². The Morgan fingerprint density at radius 3 is 2.70 bits per heavy atom. The molecule has 1 N–H and O–H groups in total. The molecule has 1 aromatic carbocycles. The number of aromatic nitrogens is 3. The van der Waals surface area contributed by atoms with Crippen molar-refractivity contribution in [2.75, 3.05) is 32.8 Å². The van der Waals surface area contributed by atoms with Crippen molar-refractivity contribution in [3.63, 3.8) is 0 Å². The van der Waals surface area contributed by atoms with Gasteiger partial charge in [0, 0.05) is 66.1 Å². The lowest BCUT2D eigenvalue weighted by atomic mass is 10.0. The van der Waals surface area contributed by atoms with Gasteiger partial charge in [0.2, 0.25) is 0 Å². The van der Waals surface area contributed by atoms with Gasteiger partial charge in [-0.1, -0.05) is 0 Å². The Morgan fingerprint density at radius 1 is 1.16 bits per heavy atom. The number of H-pyrrole nitrogens is 1. The van der Waals surface area contributed by atoms with Crippen LogP contribution in [-0.4, -0.2) is 69.4 Å². The highest BCUT2D eigenvalue weighted by molar-refractivity contribution is 7.11. The van der Waals surface area contributed by atoms with Crippen LogP contribution in [0.4, 0.5) is 0 Å². The summed E-state index contributed by atoms with van der Waals surface area (Å²) in [4.78, 5) is 36.8. The van der Waals surface area contributed by atoms with E-state index in [1.807, 2.05) is 40.0 Å². The minimum Gasteiger partial charge on any atom is -0.381 e. The van der Waals surface area contributed by atoms with Crippen molar-refractivity contribution in [2.45, 2.75) is 52.2 Å². The predicted octanol–water partition coefficient (Wildman–Crippen LogP) is 4.25. The van der Waals surface area contributed by atoms with E-state index in [1.165, 1.54) is 9.75 Å². The van der Waals surface area contributed by atoms with Gasteiger partial charge in [-0.25, -0.2) is 0 Å². The van der Waals surface area contributed by atoms with Crippen LogP contribution in [0.3, 0.4) is 0 Å². The number of piperazine rings is 1. The molecule has 2 saturated heterocycles. The molecule has 37 heavy (non-hydrogen) atoms. The summed E-state index contributed by atoms with van der Waals surface area (Å²) in [5.74, 6) is 0.0503. The van der Waals surface area contributed by atoms with Gasteiger partial charge in [0.15, 0.2) is 0 Å². The lowest BCUT2D eigenvalue weighted by Gasteiger charge is -2.40. The van der Waals surface area contributed by atoms with Crippen molar-refractivity contribution >= 4 is 39.0 Å². The summed E-state index contributed by atoms with van der Waals surface area (Å²) in [5.41, 5.74) is 2.96. The Labute approximate surface area is 219 Å². The summed E-state index contributed by atoms with van der Waals surface area (Å²) in [6.45, 7) is 10.8. The molecule has 1 atom stereocenters. The number of carbonyl (C=O) groups is 1. The highest BCUT2D eigenvalue weighted by Crippen LogP contribution is 2.30. The van der Waals surface area contributed by atoms with E-state index < -0.39 is 0 Å². The van der Waals surface area contributed by atoms with Crippen molar-refractivity contribution in [3.05, 3.63) is 61.7 Å². The number of carbonyl (C=O) groups excluding carboxylic acids is 1. The van der Waals surface area contributed by atoms with Gasteiger partial charge in [0.1, 0.15) is 0 Å². The fourth-order valence-corrected chi connectivity index (χ4v) is 6.70. The van der Waals surface area contributed by atoms with Crippen LogP contribution in [0, 0.1) is 13.8 Å². The molecule has 0 aliphatic carbocycles. The van der Waals surface area contributed by atoms with Crippen LogP contribution in [0.15, 0.2) is 35.3 Å². The second-order valence-corrected chi connectivity index (χ2v) is 11.8. The van der Waals surface area contributed by atoms with Crippen LogP contribution in [0.5, 0.6) is 0 Å². The molecule has 0 saturated carbocycles. The van der Waals surface area contributed by atoms with E-state index in [9.17, 15) is 9.59 Å². The van der Waals surface area contributed by atoms with Crippen molar-refractivity contribution < 1.29 is 9.53 Å². The molecule has 3 aromatic heterocycles. The number of aryl methyl sites for hydroxylation is 2. The molecule has 9 heteroatoms. The number of hydrogen-bond acceptors (Lipinski definition) is 6. The molecule has 2 aliphatic rings. The van der Waals surface area contributed by atoms with Gasteiger partial charge in [0.25, 0.3) is 11.5 Å². The number of benzene rings is 1. The van der Waals surface area contributed by atoms with Gasteiger partial charge in [-0.15, -0.1) is 11.3 Å². The number of amides is 1. The molecule has 8 nitrogen and oxygen atoms in total. The zero-order chi connectivity index (χ0) is 25.7. The molecular weight excluding hydrogens is 486 g/mol. The van der Waals surface area contributed by atoms with E-state index in [-0.39, 0.29) is 23.6 Å². The quantitative estimate of drug-likeness (QED) is 0.436. The first kappa shape index (κ1) is 24.3. The number of aromatic amines is 1. The molecule has 0 spiro atoms. The maximum Gasteiger partial charge on any atom is 0.259 e. The maximum absolute atomic E-state index is 13.8. The predicted molar refractivity (Wildman–Crippen MR) is 147 cm³/mol. The van der Waals surface area contributed by atoms with E-state index in [0.29, 0.717) is 37.3 Å². The lowest BCUT2D eigenvalue weighted by Crippen LogP contribution is -2.53. The van der Waals surface area contributed by atoms with E-state index >= 15 is 0 Å². The van der Waals surface area contributed by atoms with E-state index in [2.05, 4.69) is 41.0 Å². The first-order valence-electron chi connectivity index (χ1n) is 13.1. The standard InChI is InChI=1S/C28H33N5O3S/c1-17-12-25-23(26-24(27(34)30-25)14-29-33(26)20-6-10-36-11-7-20)13-22(17)28(35)32-9-8-31(18(2)15-32)16-21-5-4-19(3)37-21/h4-5,12-14,18,20H,6-11,15-16H2,1-3H3,(H,30,34)/t18-/m0/s1. The Hall–Kier alpha value is -3.01. The Morgan fingerprint density at radius 2 is 1.97 bits per heavy atom. The molecule has 194 valence electrons. The molecule has 0 bridgehead atoms. The van der Waals surface area contributed by atoms with Gasteiger partial charge < -0.3 is 14.6 Å². The summed E-state index contributed by atoms with van der Waals surface area (Å²) >= 11 is 1.84. The normalized spacial score (nSPS) is 19.8. The third-order valence-corrected chi connectivity index (χ3v) is 8.87. The molecule has 5 heterocycles. The smallest absolute Gasteiger partial charge is 0.259 e. The minimum absolute atomic E-state index is 0.0503. The van der Waals surface area contributed by atoms with Crippen molar-refractivity contribution in [1.29, 1.82) is 0 Å². The second kappa shape index (κ2) is 9.70. The summed E-state index contributed by atoms with van der Waals surface area (Å²) < 4.78 is 7.52. The van der Waals surface area contributed by atoms with Crippen molar-refractivity contribution in [1.82, 2.24) is 24.6 Å². The summed E-state index contributed by atoms with van der Waals surface area (Å²) in [6, 6.07) is 8.73. The summed E-state index contributed by atoms with van der Waals surface area (Å²) in [7, 11) is 0. The second-order valence-electron chi connectivity index (χ2n) is 10.4. The number of pyridine rings is 1. The van der Waals surface area contributed by atoms with E-state index in [1.54, 1.807) is 6.20 Å². The van der Waals surface area contributed by atoms with Gasteiger partial charge >= 0.3 is 0 Å². The number of ether oxygens (including phenoxy) is 1. The Bertz CT molecular complexity index is 1530. The number of thiophene rings is 1. The Balaban J connectivity index is 1.32. The molecular formula is C28H33N5O3S. The molecule has 4 aromatic rings. The zero-order valence-electron chi connectivity index (χ0n) is 21.6. The molecule has 6 rings (SSSR count). The maximum atomic E-state index is 13.8. The number of rotatable bonds is 4. The van der Waals surface area contributed by atoms with Crippen LogP contribution in [-0.2, 0) is 11.3 Å². The number of fused-ring (bicyclic) bond motifs is 3. The summed E-state index contributed by atoms with van der Waals surface area (Å²) in [5, 5.41) is 6.04. The highest BCUT2D eigenvalue weighted by Gasteiger charge is 2.29. The van der Waals surface area contributed by atoms with E-state index in [0.717, 1.165) is 47.9 Å².